The van der Waals surface area contributed by atoms with Crippen molar-refractivity contribution in [3.63, 3.8) is 0 Å². The first-order valence-electron chi connectivity index (χ1n) is 6.07. The largest absolute Gasteiger partial charge is 0.356 e. The zero-order chi connectivity index (χ0) is 13.6. The third kappa shape index (κ3) is 1.99. The van der Waals surface area contributed by atoms with Crippen molar-refractivity contribution in [2.45, 2.75) is 25.7 Å². The van der Waals surface area contributed by atoms with E-state index in [9.17, 15) is 9.59 Å². The normalized spacial score (nSPS) is 26.2. The number of fused-ring (bicyclic) bond motifs is 1. The number of imide groups is 1. The summed E-state index contributed by atoms with van der Waals surface area (Å²) in [5.74, 6) is -0.190. The van der Waals surface area contributed by atoms with Crippen LogP contribution in [0.1, 0.15) is 12.5 Å². The molecule has 0 saturated carbocycles. The molecular formula is C13H13ClN2O3. The van der Waals surface area contributed by atoms with E-state index in [-0.39, 0.29) is 31.3 Å². The molecule has 1 unspecified atom stereocenters. The van der Waals surface area contributed by atoms with E-state index in [2.05, 4.69) is 0 Å². The Morgan fingerprint density at radius 3 is 2.63 bits per heavy atom. The predicted molar refractivity (Wildman–Crippen MR) is 68.4 cm³/mol. The summed E-state index contributed by atoms with van der Waals surface area (Å²) in [6.07, 6.45) is -0.336. The molecule has 0 bridgehead atoms. The molecule has 2 aliphatic heterocycles. The summed E-state index contributed by atoms with van der Waals surface area (Å²) < 4.78 is 5.32. The third-order valence-electron chi connectivity index (χ3n) is 3.48. The van der Waals surface area contributed by atoms with Gasteiger partial charge in [-0.3, -0.25) is 14.6 Å². The van der Waals surface area contributed by atoms with E-state index < -0.39 is 6.04 Å². The molecule has 2 saturated heterocycles. The van der Waals surface area contributed by atoms with Crippen LogP contribution in [0.5, 0.6) is 0 Å². The maximum atomic E-state index is 12.2. The summed E-state index contributed by atoms with van der Waals surface area (Å²) in [5, 5.41) is 0.630. The second-order valence-corrected chi connectivity index (χ2v) is 5.13. The summed E-state index contributed by atoms with van der Waals surface area (Å²) in [5.41, 5.74) is 0.876. The lowest BCUT2D eigenvalue weighted by Gasteiger charge is -2.19. The summed E-state index contributed by atoms with van der Waals surface area (Å²) >= 11 is 5.81. The molecule has 2 aliphatic rings. The van der Waals surface area contributed by atoms with Gasteiger partial charge in [0, 0.05) is 5.02 Å². The smallest absolute Gasteiger partial charge is 0.329 e. The molecule has 2 atom stereocenters. The van der Waals surface area contributed by atoms with Crippen LogP contribution >= 0.6 is 11.6 Å². The molecule has 3 rings (SSSR count). The van der Waals surface area contributed by atoms with Gasteiger partial charge in [0.05, 0.1) is 13.2 Å². The molecule has 5 nitrogen and oxygen atoms in total. The van der Waals surface area contributed by atoms with E-state index in [0.29, 0.717) is 5.02 Å². The molecule has 0 aromatic heterocycles. The highest BCUT2D eigenvalue weighted by atomic mass is 35.5. The number of ether oxygens (including phenoxy) is 1. The van der Waals surface area contributed by atoms with Crippen LogP contribution in [0, 0.1) is 0 Å². The molecule has 1 aromatic rings. The Bertz CT molecular complexity index is 531. The lowest BCUT2D eigenvalue weighted by molar-refractivity contribution is -0.128. The molecule has 0 radical (unpaired) electrons. The number of carbonyl (C=O) groups excluding carboxylic acids is 2. The fourth-order valence-corrected chi connectivity index (χ4v) is 2.58. The quantitative estimate of drug-likeness (QED) is 0.777. The monoisotopic (exact) mass is 280 g/mol. The molecule has 0 N–H and O–H groups in total. The maximum Gasteiger partial charge on any atom is 0.329 e. The number of rotatable bonds is 2. The van der Waals surface area contributed by atoms with Gasteiger partial charge in [0.2, 0.25) is 0 Å². The minimum absolute atomic E-state index is 0.190. The predicted octanol–water partition coefficient (Wildman–Crippen LogP) is 1.85. The van der Waals surface area contributed by atoms with Gasteiger partial charge >= 0.3 is 6.03 Å². The molecule has 3 amide bonds. The molecule has 0 spiro atoms. The standard InChI is InChI=1S/C13H13ClN2O3/c1-8-16-11(7-19-8)12(17)15(13(16)18)6-9-2-4-10(14)5-3-9/h2-5,8,11H,6-7H2,1H3/t8?,11-/m1/s1. The highest BCUT2D eigenvalue weighted by molar-refractivity contribution is 6.30. The SMILES string of the molecule is CC1OC[C@@H]2C(=O)N(Cc3ccc(Cl)cc3)C(=O)N12. The first kappa shape index (κ1) is 12.4. The van der Waals surface area contributed by atoms with Crippen LogP contribution in [0.15, 0.2) is 24.3 Å². The van der Waals surface area contributed by atoms with Crippen molar-refractivity contribution in [2.75, 3.05) is 6.61 Å². The topological polar surface area (TPSA) is 49.9 Å². The van der Waals surface area contributed by atoms with Crippen molar-refractivity contribution >= 4 is 23.5 Å². The van der Waals surface area contributed by atoms with Crippen molar-refractivity contribution in [1.82, 2.24) is 9.80 Å². The van der Waals surface area contributed by atoms with Crippen molar-refractivity contribution < 1.29 is 14.3 Å². The third-order valence-corrected chi connectivity index (χ3v) is 3.73. The molecule has 2 fully saturated rings. The van der Waals surface area contributed by atoms with Gasteiger partial charge in [0.25, 0.3) is 5.91 Å². The average Bonchev–Trinajstić information content (AvgIpc) is 2.88. The molecule has 1 aromatic carbocycles. The molecule has 2 heterocycles. The second kappa shape index (κ2) is 4.51. The Kier molecular flexibility index (Phi) is 2.95. The Balaban J connectivity index is 1.80. The van der Waals surface area contributed by atoms with Gasteiger partial charge < -0.3 is 4.74 Å². The van der Waals surface area contributed by atoms with Gasteiger partial charge in [-0.1, -0.05) is 23.7 Å². The Morgan fingerprint density at radius 2 is 2.00 bits per heavy atom. The molecule has 0 aliphatic carbocycles. The lowest BCUT2D eigenvalue weighted by Crippen LogP contribution is -2.36. The molecule has 19 heavy (non-hydrogen) atoms. The zero-order valence-electron chi connectivity index (χ0n) is 10.4. The van der Waals surface area contributed by atoms with E-state index >= 15 is 0 Å². The Labute approximate surface area is 115 Å². The lowest BCUT2D eigenvalue weighted by atomic mass is 10.2. The Hall–Kier alpha value is -1.59. The van der Waals surface area contributed by atoms with Crippen LogP contribution in [0.3, 0.4) is 0 Å². The van der Waals surface area contributed by atoms with Crippen LogP contribution < -0.4 is 0 Å². The van der Waals surface area contributed by atoms with E-state index in [4.69, 9.17) is 16.3 Å². The Morgan fingerprint density at radius 1 is 1.32 bits per heavy atom. The number of hydrogen-bond acceptors (Lipinski definition) is 3. The van der Waals surface area contributed by atoms with Crippen molar-refractivity contribution in [3.8, 4) is 0 Å². The van der Waals surface area contributed by atoms with Gasteiger partial charge in [-0.2, -0.15) is 0 Å². The fraction of sp³-hybridized carbons (Fsp3) is 0.385. The van der Waals surface area contributed by atoms with Crippen LogP contribution in [-0.2, 0) is 16.1 Å². The van der Waals surface area contributed by atoms with Gasteiger partial charge in [0.15, 0.2) is 0 Å². The average molecular weight is 281 g/mol. The summed E-state index contributed by atoms with van der Waals surface area (Å²) in [7, 11) is 0. The van der Waals surface area contributed by atoms with Gasteiger partial charge in [-0.05, 0) is 24.6 Å². The first-order chi connectivity index (χ1) is 9.08. The number of amides is 3. The van der Waals surface area contributed by atoms with Crippen molar-refractivity contribution in [1.29, 1.82) is 0 Å². The zero-order valence-corrected chi connectivity index (χ0v) is 11.1. The summed E-state index contributed by atoms with van der Waals surface area (Å²) in [6, 6.07) is 6.37. The van der Waals surface area contributed by atoms with Crippen molar-refractivity contribution in [2.24, 2.45) is 0 Å². The number of nitrogens with zero attached hydrogens (tertiary/aromatic N) is 2. The molecule has 6 heteroatoms. The van der Waals surface area contributed by atoms with Crippen LogP contribution in [0.4, 0.5) is 4.79 Å². The van der Waals surface area contributed by atoms with Gasteiger partial charge in [-0.25, -0.2) is 4.79 Å². The minimum Gasteiger partial charge on any atom is -0.356 e. The number of carbonyl (C=O) groups is 2. The van der Waals surface area contributed by atoms with Crippen LogP contribution in [0.2, 0.25) is 5.02 Å². The number of halogens is 1. The summed E-state index contributed by atoms with van der Waals surface area (Å²) in [4.78, 5) is 27.1. The minimum atomic E-state index is -0.463. The van der Waals surface area contributed by atoms with E-state index in [0.717, 1.165) is 5.56 Å². The fourth-order valence-electron chi connectivity index (χ4n) is 2.45. The van der Waals surface area contributed by atoms with E-state index in [1.807, 2.05) is 12.1 Å². The molecular weight excluding hydrogens is 268 g/mol. The number of benzene rings is 1. The molecule has 100 valence electrons. The van der Waals surface area contributed by atoms with Crippen molar-refractivity contribution in [3.05, 3.63) is 34.9 Å². The number of urea groups is 1. The van der Waals surface area contributed by atoms with Crippen LogP contribution in [-0.4, -0.2) is 40.6 Å². The first-order valence-corrected chi connectivity index (χ1v) is 6.45. The highest BCUT2D eigenvalue weighted by Crippen LogP contribution is 2.28. The van der Waals surface area contributed by atoms with Gasteiger partial charge in [-0.15, -0.1) is 0 Å². The van der Waals surface area contributed by atoms with Gasteiger partial charge in [0.1, 0.15) is 12.3 Å². The van der Waals surface area contributed by atoms with E-state index in [1.54, 1.807) is 19.1 Å². The van der Waals surface area contributed by atoms with Crippen LogP contribution in [0.25, 0.3) is 0 Å². The summed E-state index contributed by atoms with van der Waals surface area (Å²) in [6.45, 7) is 2.33. The highest BCUT2D eigenvalue weighted by Gasteiger charge is 2.51. The maximum absolute atomic E-state index is 12.2. The van der Waals surface area contributed by atoms with E-state index in [1.165, 1.54) is 9.80 Å². The second-order valence-electron chi connectivity index (χ2n) is 4.69. The number of hydrogen-bond donors (Lipinski definition) is 0.